The van der Waals surface area contributed by atoms with Gasteiger partial charge in [-0.1, -0.05) is 121 Å². The second kappa shape index (κ2) is 21.3. The molecular formula is C40H45NO14P2. The van der Waals surface area contributed by atoms with Gasteiger partial charge in [-0.2, -0.15) is 0 Å². The lowest BCUT2D eigenvalue weighted by molar-refractivity contribution is -0.259. The number of phosphoric acid groups is 2. The number of esters is 2. The zero-order chi connectivity index (χ0) is 40.7. The molecule has 1 amide bonds. The van der Waals surface area contributed by atoms with Gasteiger partial charge < -0.3 is 19.5 Å². The van der Waals surface area contributed by atoms with E-state index < -0.39 is 70.7 Å². The highest BCUT2D eigenvalue weighted by atomic mass is 31.2. The van der Waals surface area contributed by atoms with Crippen molar-refractivity contribution >= 4 is 33.5 Å². The average molecular weight is 826 g/mol. The number of carbonyl (C=O) groups is 3. The quantitative estimate of drug-likeness (QED) is 0.0698. The molecule has 1 aliphatic heterocycles. The third-order valence-electron chi connectivity index (χ3n) is 8.18. The Kier molecular flexibility index (Phi) is 16.3. The van der Waals surface area contributed by atoms with Gasteiger partial charge in [-0.05, 0) is 22.3 Å². The van der Waals surface area contributed by atoms with Gasteiger partial charge in [0, 0.05) is 20.8 Å². The van der Waals surface area contributed by atoms with E-state index in [1.807, 2.05) is 12.1 Å². The normalized spacial score (nSPS) is 19.7. The summed E-state index contributed by atoms with van der Waals surface area (Å²) >= 11 is 0. The number of benzene rings is 4. The molecule has 5 rings (SSSR count). The molecule has 0 bridgehead atoms. The van der Waals surface area contributed by atoms with E-state index in [0.29, 0.717) is 22.3 Å². The van der Waals surface area contributed by atoms with Crippen LogP contribution in [0.2, 0.25) is 0 Å². The first-order chi connectivity index (χ1) is 27.4. The van der Waals surface area contributed by atoms with E-state index in [1.165, 1.54) is 6.92 Å². The third-order valence-corrected chi connectivity index (χ3v) is 10.9. The van der Waals surface area contributed by atoms with E-state index in [2.05, 4.69) is 5.32 Å². The van der Waals surface area contributed by atoms with E-state index >= 15 is 0 Å². The molecule has 1 N–H and O–H groups in total. The first-order valence-electron chi connectivity index (χ1n) is 17.9. The predicted octanol–water partition coefficient (Wildman–Crippen LogP) is 7.20. The molecule has 5 atom stereocenters. The SMILES string of the molecule is CC(=O)NC1C(OC(C)=O)[C@H](OC(C)=O)C(COP(=O)(OCc2ccccc2)OCc2ccccc2)O[C@@H]1OP(=O)(OCc1ccccc1)OCc1ccccc1. The van der Waals surface area contributed by atoms with Crippen LogP contribution < -0.4 is 5.32 Å². The fourth-order valence-corrected chi connectivity index (χ4v) is 8.01. The van der Waals surface area contributed by atoms with Crippen molar-refractivity contribution in [1.82, 2.24) is 5.32 Å². The van der Waals surface area contributed by atoms with Crippen LogP contribution in [0, 0.1) is 0 Å². The minimum absolute atomic E-state index is 0.168. The molecule has 0 aliphatic carbocycles. The van der Waals surface area contributed by atoms with Crippen molar-refractivity contribution in [2.45, 2.75) is 77.8 Å². The minimum Gasteiger partial charge on any atom is -0.456 e. The second-order valence-electron chi connectivity index (χ2n) is 12.7. The van der Waals surface area contributed by atoms with Gasteiger partial charge >= 0.3 is 27.6 Å². The molecule has 0 saturated carbocycles. The fraction of sp³-hybridized carbons (Fsp3) is 0.325. The number of rotatable bonds is 20. The fourth-order valence-electron chi connectivity index (χ4n) is 5.59. The van der Waals surface area contributed by atoms with Crippen LogP contribution >= 0.6 is 15.6 Å². The van der Waals surface area contributed by atoms with Gasteiger partial charge in [-0.25, -0.2) is 9.13 Å². The van der Waals surface area contributed by atoms with Crippen LogP contribution in [0.25, 0.3) is 0 Å². The molecule has 57 heavy (non-hydrogen) atoms. The zero-order valence-electron chi connectivity index (χ0n) is 31.6. The smallest absolute Gasteiger partial charge is 0.456 e. The summed E-state index contributed by atoms with van der Waals surface area (Å²) in [5.41, 5.74) is 2.60. The van der Waals surface area contributed by atoms with E-state index in [9.17, 15) is 23.5 Å². The molecule has 1 aliphatic rings. The molecule has 4 aromatic rings. The molecule has 1 saturated heterocycles. The van der Waals surface area contributed by atoms with E-state index in [0.717, 1.165) is 13.8 Å². The van der Waals surface area contributed by atoms with Gasteiger partial charge in [0.1, 0.15) is 12.1 Å². The number of hydrogen-bond donors (Lipinski definition) is 1. The van der Waals surface area contributed by atoms with Gasteiger partial charge in [-0.15, -0.1) is 0 Å². The van der Waals surface area contributed by atoms with Crippen molar-refractivity contribution in [2.24, 2.45) is 0 Å². The molecule has 17 heteroatoms. The Morgan fingerprint density at radius 3 is 1.28 bits per heavy atom. The molecule has 1 heterocycles. The van der Waals surface area contributed by atoms with Crippen LogP contribution in [0.5, 0.6) is 0 Å². The van der Waals surface area contributed by atoms with E-state index in [4.69, 9.17) is 41.4 Å². The Balaban J connectivity index is 1.47. The summed E-state index contributed by atoms with van der Waals surface area (Å²) in [5, 5.41) is 2.60. The monoisotopic (exact) mass is 825 g/mol. The van der Waals surface area contributed by atoms with Crippen molar-refractivity contribution in [3.8, 4) is 0 Å². The summed E-state index contributed by atoms with van der Waals surface area (Å²) < 4.78 is 81.3. The maximum Gasteiger partial charge on any atom is 0.477 e. The van der Waals surface area contributed by atoms with Crippen molar-refractivity contribution in [3.63, 3.8) is 0 Å². The molecular weight excluding hydrogens is 780 g/mol. The Morgan fingerprint density at radius 2 is 0.912 bits per heavy atom. The Hall–Kier alpha value is -4.53. The summed E-state index contributed by atoms with van der Waals surface area (Å²) in [7, 11) is -9.10. The number of hydrogen-bond acceptors (Lipinski definition) is 14. The standard InChI is InChI=1S/C40H45NO14P2/c1-29(42)41-37-39(53-31(3)44)38(52-30(2)43)36(28-51-56(45,47-24-32-16-8-4-9-17-32)48-25-33-18-10-5-11-19-33)54-40(37)55-57(46,49-26-34-20-12-6-13-21-34)50-27-35-22-14-7-15-23-35/h4-23,36-40H,24-28H2,1-3H3,(H,41,42)/t36?,37?,38-,39?,40-/m1/s1. The minimum atomic E-state index is -4.64. The number of nitrogens with one attached hydrogen (secondary N) is 1. The lowest BCUT2D eigenvalue weighted by Crippen LogP contribution is -2.66. The predicted molar refractivity (Wildman–Crippen MR) is 205 cm³/mol. The molecule has 0 spiro atoms. The Bertz CT molecular complexity index is 1880. The molecule has 0 aromatic heterocycles. The Labute approximate surface area is 331 Å². The summed E-state index contributed by atoms with van der Waals surface area (Å²) in [4.78, 5) is 37.7. The van der Waals surface area contributed by atoms with Gasteiger partial charge in [0.15, 0.2) is 18.5 Å². The van der Waals surface area contributed by atoms with Crippen LogP contribution in [0.15, 0.2) is 121 Å². The summed E-state index contributed by atoms with van der Waals surface area (Å²) in [6.45, 7) is 1.94. The molecule has 4 aromatic carbocycles. The first-order valence-corrected chi connectivity index (χ1v) is 20.9. The van der Waals surface area contributed by atoms with Gasteiger partial charge in [0.2, 0.25) is 5.91 Å². The van der Waals surface area contributed by atoms with Gasteiger partial charge in [-0.3, -0.25) is 41.5 Å². The van der Waals surface area contributed by atoms with E-state index in [1.54, 1.807) is 109 Å². The van der Waals surface area contributed by atoms with Crippen molar-refractivity contribution in [1.29, 1.82) is 0 Å². The zero-order valence-corrected chi connectivity index (χ0v) is 33.4. The van der Waals surface area contributed by atoms with Gasteiger partial charge in [0.05, 0.1) is 33.0 Å². The Morgan fingerprint density at radius 1 is 0.544 bits per heavy atom. The molecule has 0 radical (unpaired) electrons. The lowest BCUT2D eigenvalue weighted by Gasteiger charge is -2.45. The van der Waals surface area contributed by atoms with Crippen LogP contribution in [0.3, 0.4) is 0 Å². The lowest BCUT2D eigenvalue weighted by atomic mass is 9.96. The molecule has 1 fully saturated rings. The largest absolute Gasteiger partial charge is 0.477 e. The number of ether oxygens (including phenoxy) is 3. The third kappa shape index (κ3) is 14.1. The maximum absolute atomic E-state index is 14.5. The number of amides is 1. The van der Waals surface area contributed by atoms with Gasteiger partial charge in [0.25, 0.3) is 0 Å². The second-order valence-corrected chi connectivity index (χ2v) is 16.0. The van der Waals surface area contributed by atoms with E-state index in [-0.39, 0.29) is 26.4 Å². The van der Waals surface area contributed by atoms with Crippen LogP contribution in [-0.2, 0) is 91.3 Å². The number of carbonyl (C=O) groups excluding carboxylic acids is 3. The highest BCUT2D eigenvalue weighted by Gasteiger charge is 2.54. The summed E-state index contributed by atoms with van der Waals surface area (Å²) in [6, 6.07) is 33.9. The highest BCUT2D eigenvalue weighted by Crippen LogP contribution is 2.54. The highest BCUT2D eigenvalue weighted by molar-refractivity contribution is 7.48. The topological polar surface area (TPSA) is 180 Å². The van der Waals surface area contributed by atoms with Crippen LogP contribution in [-0.4, -0.2) is 55.1 Å². The number of phosphoric ester groups is 2. The summed E-state index contributed by atoms with van der Waals surface area (Å²) in [5.74, 6) is -2.29. The molecule has 15 nitrogen and oxygen atoms in total. The van der Waals surface area contributed by atoms with Crippen LogP contribution in [0.1, 0.15) is 43.0 Å². The maximum atomic E-state index is 14.5. The first kappa shape index (κ1) is 43.6. The average Bonchev–Trinajstić information content (AvgIpc) is 3.20. The summed E-state index contributed by atoms with van der Waals surface area (Å²) in [6.07, 6.45) is -6.28. The van der Waals surface area contributed by atoms with Crippen LogP contribution in [0.4, 0.5) is 0 Å². The molecule has 304 valence electrons. The van der Waals surface area contributed by atoms with Crippen molar-refractivity contribution in [3.05, 3.63) is 144 Å². The van der Waals surface area contributed by atoms with Crippen molar-refractivity contribution < 1.29 is 64.9 Å². The van der Waals surface area contributed by atoms with Crippen molar-refractivity contribution in [2.75, 3.05) is 6.61 Å². The molecule has 3 unspecified atom stereocenters.